The second kappa shape index (κ2) is 5.60. The summed E-state index contributed by atoms with van der Waals surface area (Å²) in [6.45, 7) is 0.235. The van der Waals surface area contributed by atoms with Gasteiger partial charge >= 0.3 is 12.1 Å². The number of nitrogens with zero attached hydrogens (tertiary/aromatic N) is 2. The predicted molar refractivity (Wildman–Crippen MR) is 37.0 cm³/mol. The molecule has 0 aromatic heterocycles. The molecule has 0 spiro atoms. The number of hydrogen-bond acceptors (Lipinski definition) is 2. The van der Waals surface area contributed by atoms with E-state index in [-0.39, 0.29) is 12.4 Å². The third-order valence-electron chi connectivity index (χ3n) is 0.597. The number of carbonyl (C=O) groups excluding carboxylic acids is 1. The number of carbonyl (C=O) groups is 2. The number of urea groups is 1. The van der Waals surface area contributed by atoms with Gasteiger partial charge in [-0.3, -0.25) is 0 Å². The van der Waals surface area contributed by atoms with Crippen molar-refractivity contribution in [3.8, 4) is 0 Å². The molecule has 0 unspecified atom stereocenters. The van der Waals surface area contributed by atoms with Crippen LogP contribution in [0.25, 0.3) is 0 Å². The minimum Gasteiger partial charge on any atom is -0.462 e. The van der Waals surface area contributed by atoms with E-state index in [0.29, 0.717) is 0 Å². The number of rotatable bonds is 2. The van der Waals surface area contributed by atoms with E-state index in [1.165, 1.54) is 0 Å². The molecule has 0 atom stereocenters. The molecule has 0 heterocycles. The molecule has 0 fully saturated rings. The van der Waals surface area contributed by atoms with Crippen LogP contribution >= 0.6 is 11.6 Å². The van der Waals surface area contributed by atoms with Gasteiger partial charge in [0.25, 0.3) is 0 Å². The fourth-order valence-electron chi connectivity index (χ4n) is 0.278. The van der Waals surface area contributed by atoms with Crippen LogP contribution in [0.15, 0.2) is 10.2 Å². The van der Waals surface area contributed by atoms with Gasteiger partial charge < -0.3 is 10.4 Å². The van der Waals surface area contributed by atoms with Crippen molar-refractivity contribution >= 4 is 23.7 Å². The second-order valence-electron chi connectivity index (χ2n) is 1.40. The maximum Gasteiger partial charge on any atom is 0.450 e. The lowest BCUT2D eigenvalue weighted by Gasteiger charge is -1.92. The minimum atomic E-state index is -1.51. The number of carboxylic acid groups (broad SMARTS) is 1. The van der Waals surface area contributed by atoms with Crippen LogP contribution < -0.4 is 5.32 Å². The second-order valence-corrected chi connectivity index (χ2v) is 1.78. The van der Waals surface area contributed by atoms with Crippen LogP contribution in [0.2, 0.25) is 0 Å². The van der Waals surface area contributed by atoms with Gasteiger partial charge in [-0.25, -0.2) is 9.59 Å². The van der Waals surface area contributed by atoms with Crippen LogP contribution in [0, 0.1) is 0 Å². The predicted octanol–water partition coefficient (Wildman–Crippen LogP) is 1.06. The van der Waals surface area contributed by atoms with Gasteiger partial charge in [0, 0.05) is 12.4 Å². The first-order valence-corrected chi connectivity index (χ1v) is 3.18. The molecule has 6 nitrogen and oxygen atoms in total. The molecule has 0 rings (SSSR count). The van der Waals surface area contributed by atoms with E-state index < -0.39 is 12.1 Å². The first-order chi connectivity index (χ1) is 5.16. The van der Waals surface area contributed by atoms with Crippen molar-refractivity contribution in [1.82, 2.24) is 5.32 Å². The molecule has 2 N–H and O–H groups in total. The SMILES string of the molecule is O=C(O)N=NC(=O)NCCCl. The van der Waals surface area contributed by atoms with E-state index in [1.54, 1.807) is 0 Å². The summed E-state index contributed by atoms with van der Waals surface area (Å²) in [4.78, 5) is 20.1. The zero-order valence-electron chi connectivity index (χ0n) is 5.45. The summed E-state index contributed by atoms with van der Waals surface area (Å²) in [6, 6.07) is -0.812. The Hall–Kier alpha value is -1.17. The van der Waals surface area contributed by atoms with Crippen LogP contribution in [0.1, 0.15) is 0 Å². The fourth-order valence-corrected chi connectivity index (χ4v) is 0.372. The Morgan fingerprint density at radius 2 is 2.09 bits per heavy atom. The molecule has 0 aliphatic heterocycles. The van der Waals surface area contributed by atoms with Crippen molar-refractivity contribution in [1.29, 1.82) is 0 Å². The summed E-state index contributed by atoms with van der Waals surface area (Å²) in [7, 11) is 0. The molecular formula is C4H6ClN3O3. The highest BCUT2D eigenvalue weighted by Gasteiger charge is 1.96. The van der Waals surface area contributed by atoms with Crippen LogP contribution in [0.5, 0.6) is 0 Å². The van der Waals surface area contributed by atoms with E-state index in [2.05, 4.69) is 15.5 Å². The highest BCUT2D eigenvalue weighted by Crippen LogP contribution is 1.80. The van der Waals surface area contributed by atoms with Crippen molar-refractivity contribution in [2.75, 3.05) is 12.4 Å². The first-order valence-electron chi connectivity index (χ1n) is 2.65. The zero-order valence-corrected chi connectivity index (χ0v) is 6.21. The van der Waals surface area contributed by atoms with Crippen molar-refractivity contribution in [3.05, 3.63) is 0 Å². The number of nitrogens with one attached hydrogen (secondary N) is 1. The molecule has 0 radical (unpaired) electrons. The van der Waals surface area contributed by atoms with E-state index in [1.807, 2.05) is 0 Å². The Labute approximate surface area is 67.3 Å². The summed E-state index contributed by atoms with van der Waals surface area (Å²) in [5.41, 5.74) is 0. The molecule has 62 valence electrons. The summed E-state index contributed by atoms with van der Waals surface area (Å²) < 4.78 is 0. The van der Waals surface area contributed by atoms with Gasteiger partial charge in [-0.1, -0.05) is 10.2 Å². The van der Waals surface area contributed by atoms with Crippen molar-refractivity contribution in [2.45, 2.75) is 0 Å². The average Bonchev–Trinajstić information content (AvgIpc) is 1.97. The first kappa shape index (κ1) is 9.83. The molecule has 0 saturated heterocycles. The van der Waals surface area contributed by atoms with Crippen molar-refractivity contribution in [2.24, 2.45) is 10.2 Å². The van der Waals surface area contributed by atoms with Gasteiger partial charge in [-0.05, 0) is 0 Å². The lowest BCUT2D eigenvalue weighted by Crippen LogP contribution is -2.21. The molecule has 0 bridgehead atoms. The number of amides is 3. The smallest absolute Gasteiger partial charge is 0.450 e. The van der Waals surface area contributed by atoms with Gasteiger partial charge in [0.15, 0.2) is 0 Å². The highest BCUT2D eigenvalue weighted by molar-refractivity contribution is 6.18. The highest BCUT2D eigenvalue weighted by atomic mass is 35.5. The topological polar surface area (TPSA) is 91.1 Å². The molecule has 11 heavy (non-hydrogen) atoms. The summed E-state index contributed by atoms with van der Waals surface area (Å²) in [5.74, 6) is 0.244. The Kier molecular flexibility index (Phi) is 5.01. The van der Waals surface area contributed by atoms with E-state index in [0.717, 1.165) is 0 Å². The largest absolute Gasteiger partial charge is 0.462 e. The van der Waals surface area contributed by atoms with Crippen molar-refractivity contribution in [3.63, 3.8) is 0 Å². The van der Waals surface area contributed by atoms with Crippen molar-refractivity contribution < 1.29 is 14.7 Å². The number of halogens is 1. The summed E-state index contributed by atoms with van der Waals surface area (Å²) in [6.07, 6.45) is -1.51. The molecule has 0 aliphatic carbocycles. The van der Waals surface area contributed by atoms with Gasteiger partial charge in [0.05, 0.1) is 0 Å². The Bertz CT molecular complexity index is 181. The molecule has 0 aromatic rings. The third-order valence-corrected chi connectivity index (χ3v) is 0.786. The molecule has 0 aliphatic rings. The molecule has 0 saturated carbocycles. The average molecular weight is 180 g/mol. The Morgan fingerprint density at radius 3 is 2.55 bits per heavy atom. The van der Waals surface area contributed by atoms with E-state index in [4.69, 9.17) is 16.7 Å². The number of alkyl halides is 1. The van der Waals surface area contributed by atoms with Gasteiger partial charge in [0.1, 0.15) is 0 Å². The molecular weight excluding hydrogens is 174 g/mol. The summed E-state index contributed by atoms with van der Waals surface area (Å²) >= 11 is 5.20. The molecule has 3 amide bonds. The number of azo groups is 1. The lowest BCUT2D eigenvalue weighted by atomic mass is 10.7. The van der Waals surface area contributed by atoms with Crippen LogP contribution in [-0.2, 0) is 0 Å². The van der Waals surface area contributed by atoms with Gasteiger partial charge in [-0.2, -0.15) is 0 Å². The van der Waals surface area contributed by atoms with E-state index >= 15 is 0 Å². The van der Waals surface area contributed by atoms with Gasteiger partial charge in [-0.15, -0.1) is 11.6 Å². The lowest BCUT2D eigenvalue weighted by molar-refractivity contribution is 0.202. The maximum absolute atomic E-state index is 10.4. The zero-order chi connectivity index (χ0) is 8.69. The maximum atomic E-state index is 10.4. The van der Waals surface area contributed by atoms with Gasteiger partial charge in [0.2, 0.25) is 0 Å². The standard InChI is InChI=1S/C4H6ClN3O3/c5-1-2-6-3(9)7-8-4(10)11/h1-2H2,(H,6,9)(H,10,11). The number of hydrogen-bond donors (Lipinski definition) is 2. The van der Waals surface area contributed by atoms with Crippen LogP contribution in [-0.4, -0.2) is 29.7 Å². The monoisotopic (exact) mass is 179 g/mol. The Morgan fingerprint density at radius 1 is 1.45 bits per heavy atom. The fraction of sp³-hybridized carbons (Fsp3) is 0.500. The van der Waals surface area contributed by atoms with E-state index in [9.17, 15) is 9.59 Å². The molecule has 0 aromatic carbocycles. The molecule has 7 heteroatoms. The minimum absolute atomic E-state index is 0.235. The summed E-state index contributed by atoms with van der Waals surface area (Å²) in [5, 5.41) is 15.5. The Balaban J connectivity index is 3.60. The van der Waals surface area contributed by atoms with Crippen LogP contribution in [0.3, 0.4) is 0 Å². The third kappa shape index (κ3) is 6.72. The van der Waals surface area contributed by atoms with Crippen LogP contribution in [0.4, 0.5) is 9.59 Å². The normalized spacial score (nSPS) is 9.91. The quantitative estimate of drug-likeness (QED) is 0.491.